The highest BCUT2D eigenvalue weighted by Crippen LogP contribution is 2.38. The molecule has 2 atom stereocenters. The zero-order valence-electron chi connectivity index (χ0n) is 10.2. The fourth-order valence-electron chi connectivity index (χ4n) is 2.68. The molecule has 0 spiro atoms. The van der Waals surface area contributed by atoms with Gasteiger partial charge in [0.15, 0.2) is 0 Å². The predicted octanol–water partition coefficient (Wildman–Crippen LogP) is 2.38. The van der Waals surface area contributed by atoms with Gasteiger partial charge in [0.2, 0.25) is 0 Å². The minimum atomic E-state index is -0.617. The third-order valence-corrected chi connectivity index (χ3v) is 3.74. The van der Waals surface area contributed by atoms with E-state index in [0.29, 0.717) is 6.04 Å². The molecule has 2 heteroatoms. The SMILES string of the molecule is CN(C)[C@H]1CCC[C@](O)(c2ccccc2)C1. The van der Waals surface area contributed by atoms with Crippen molar-refractivity contribution in [1.82, 2.24) is 4.90 Å². The maximum absolute atomic E-state index is 10.7. The van der Waals surface area contributed by atoms with Crippen LogP contribution in [0.2, 0.25) is 0 Å². The van der Waals surface area contributed by atoms with Crippen LogP contribution < -0.4 is 0 Å². The summed E-state index contributed by atoms with van der Waals surface area (Å²) in [5.41, 5.74) is 0.454. The fourth-order valence-corrected chi connectivity index (χ4v) is 2.68. The quantitative estimate of drug-likeness (QED) is 0.825. The molecular formula is C14H21NO. The van der Waals surface area contributed by atoms with Gasteiger partial charge in [0, 0.05) is 6.04 Å². The summed E-state index contributed by atoms with van der Waals surface area (Å²) >= 11 is 0. The number of rotatable bonds is 2. The molecule has 1 N–H and O–H groups in total. The van der Waals surface area contributed by atoms with Crippen LogP contribution in [-0.4, -0.2) is 30.1 Å². The van der Waals surface area contributed by atoms with E-state index in [1.807, 2.05) is 30.3 Å². The standard InChI is InChI=1S/C14H21NO/c1-15(2)13-9-6-10-14(16,11-13)12-7-4-3-5-8-12/h3-5,7-8,13,16H,6,9-11H2,1-2H3/t13-,14+/m0/s1. The molecule has 1 aromatic rings. The first-order valence-electron chi connectivity index (χ1n) is 6.06. The van der Waals surface area contributed by atoms with Crippen LogP contribution in [0, 0.1) is 0 Å². The van der Waals surface area contributed by atoms with E-state index in [2.05, 4.69) is 19.0 Å². The molecule has 0 amide bonds. The van der Waals surface area contributed by atoms with E-state index in [-0.39, 0.29) is 0 Å². The Morgan fingerprint density at radius 2 is 1.94 bits per heavy atom. The smallest absolute Gasteiger partial charge is 0.0911 e. The van der Waals surface area contributed by atoms with Gasteiger partial charge in [-0.2, -0.15) is 0 Å². The van der Waals surface area contributed by atoms with Crippen LogP contribution >= 0.6 is 0 Å². The third-order valence-electron chi connectivity index (χ3n) is 3.74. The van der Waals surface area contributed by atoms with E-state index in [1.54, 1.807) is 0 Å². The first kappa shape index (κ1) is 11.6. The Kier molecular flexibility index (Phi) is 3.31. The van der Waals surface area contributed by atoms with Crippen molar-refractivity contribution in [2.24, 2.45) is 0 Å². The number of benzene rings is 1. The average molecular weight is 219 g/mol. The van der Waals surface area contributed by atoms with Gasteiger partial charge >= 0.3 is 0 Å². The number of hydrogen-bond acceptors (Lipinski definition) is 2. The van der Waals surface area contributed by atoms with Crippen molar-refractivity contribution in [3.05, 3.63) is 35.9 Å². The molecule has 1 saturated carbocycles. The van der Waals surface area contributed by atoms with E-state index >= 15 is 0 Å². The van der Waals surface area contributed by atoms with E-state index in [1.165, 1.54) is 6.42 Å². The van der Waals surface area contributed by atoms with Crippen LogP contribution in [0.15, 0.2) is 30.3 Å². The molecule has 1 fully saturated rings. The Morgan fingerprint density at radius 1 is 1.25 bits per heavy atom. The van der Waals surface area contributed by atoms with Crippen molar-refractivity contribution < 1.29 is 5.11 Å². The lowest BCUT2D eigenvalue weighted by molar-refractivity contribution is -0.0278. The first-order chi connectivity index (χ1) is 7.62. The summed E-state index contributed by atoms with van der Waals surface area (Å²) in [5, 5.41) is 10.7. The molecule has 1 aliphatic carbocycles. The van der Waals surface area contributed by atoms with Crippen LogP contribution in [0.5, 0.6) is 0 Å². The van der Waals surface area contributed by atoms with Crippen LogP contribution in [0.4, 0.5) is 0 Å². The van der Waals surface area contributed by atoms with Gasteiger partial charge in [-0.3, -0.25) is 0 Å². The van der Waals surface area contributed by atoms with Gasteiger partial charge in [-0.05, 0) is 45.3 Å². The Bertz CT molecular complexity index is 336. The summed E-state index contributed by atoms with van der Waals surface area (Å²) < 4.78 is 0. The van der Waals surface area contributed by atoms with Crippen molar-refractivity contribution >= 4 is 0 Å². The van der Waals surface area contributed by atoms with Gasteiger partial charge in [0.25, 0.3) is 0 Å². The summed E-state index contributed by atoms with van der Waals surface area (Å²) in [5.74, 6) is 0. The molecule has 0 saturated heterocycles. The second kappa shape index (κ2) is 4.56. The van der Waals surface area contributed by atoms with E-state index in [9.17, 15) is 5.11 Å². The first-order valence-corrected chi connectivity index (χ1v) is 6.06. The zero-order chi connectivity index (χ0) is 11.6. The molecule has 1 aliphatic rings. The maximum Gasteiger partial charge on any atom is 0.0911 e. The molecule has 88 valence electrons. The summed E-state index contributed by atoms with van der Waals surface area (Å²) in [6.45, 7) is 0. The van der Waals surface area contributed by atoms with E-state index in [4.69, 9.17) is 0 Å². The Balaban J connectivity index is 2.19. The molecule has 0 radical (unpaired) electrons. The van der Waals surface area contributed by atoms with Crippen molar-refractivity contribution in [3.63, 3.8) is 0 Å². The van der Waals surface area contributed by atoms with Crippen molar-refractivity contribution in [2.75, 3.05) is 14.1 Å². The molecule has 2 rings (SSSR count). The highest BCUT2D eigenvalue weighted by molar-refractivity contribution is 5.23. The third kappa shape index (κ3) is 2.28. The molecule has 0 aliphatic heterocycles. The van der Waals surface area contributed by atoms with Crippen LogP contribution in [-0.2, 0) is 5.60 Å². The normalized spacial score (nSPS) is 30.6. The highest BCUT2D eigenvalue weighted by Gasteiger charge is 2.36. The van der Waals surface area contributed by atoms with Crippen molar-refractivity contribution in [1.29, 1.82) is 0 Å². The van der Waals surface area contributed by atoms with E-state index in [0.717, 1.165) is 24.8 Å². The molecule has 16 heavy (non-hydrogen) atoms. The zero-order valence-corrected chi connectivity index (χ0v) is 10.2. The van der Waals surface area contributed by atoms with Crippen molar-refractivity contribution in [3.8, 4) is 0 Å². The summed E-state index contributed by atoms with van der Waals surface area (Å²) in [6, 6.07) is 10.6. The summed E-state index contributed by atoms with van der Waals surface area (Å²) in [7, 11) is 4.20. The monoisotopic (exact) mass is 219 g/mol. The average Bonchev–Trinajstić information content (AvgIpc) is 2.30. The highest BCUT2D eigenvalue weighted by atomic mass is 16.3. The lowest BCUT2D eigenvalue weighted by Crippen LogP contribution is -2.41. The molecule has 0 aromatic heterocycles. The second-order valence-electron chi connectivity index (χ2n) is 5.11. The summed E-state index contributed by atoms with van der Waals surface area (Å²) in [6.07, 6.45) is 4.04. The minimum absolute atomic E-state index is 0.499. The van der Waals surface area contributed by atoms with Crippen LogP contribution in [0.3, 0.4) is 0 Å². The van der Waals surface area contributed by atoms with Gasteiger partial charge in [-0.15, -0.1) is 0 Å². The number of nitrogens with zero attached hydrogens (tertiary/aromatic N) is 1. The van der Waals surface area contributed by atoms with Gasteiger partial charge in [-0.25, -0.2) is 0 Å². The molecule has 0 heterocycles. The Hall–Kier alpha value is -0.860. The van der Waals surface area contributed by atoms with Gasteiger partial charge in [0.05, 0.1) is 5.60 Å². The van der Waals surface area contributed by atoms with Crippen molar-refractivity contribution in [2.45, 2.75) is 37.3 Å². The van der Waals surface area contributed by atoms with Crippen LogP contribution in [0.25, 0.3) is 0 Å². The molecule has 0 unspecified atom stereocenters. The maximum atomic E-state index is 10.7. The molecule has 2 nitrogen and oxygen atoms in total. The second-order valence-corrected chi connectivity index (χ2v) is 5.11. The lowest BCUT2D eigenvalue weighted by Gasteiger charge is -2.39. The molecule has 1 aromatic carbocycles. The molecule has 0 bridgehead atoms. The number of hydrogen-bond donors (Lipinski definition) is 1. The fraction of sp³-hybridized carbons (Fsp3) is 0.571. The van der Waals surface area contributed by atoms with Gasteiger partial charge in [0.1, 0.15) is 0 Å². The largest absolute Gasteiger partial charge is 0.385 e. The van der Waals surface area contributed by atoms with Gasteiger partial charge < -0.3 is 10.0 Å². The predicted molar refractivity (Wildman–Crippen MR) is 66.3 cm³/mol. The number of aliphatic hydroxyl groups is 1. The Morgan fingerprint density at radius 3 is 2.56 bits per heavy atom. The summed E-state index contributed by atoms with van der Waals surface area (Å²) in [4.78, 5) is 2.23. The molecular weight excluding hydrogens is 198 g/mol. The topological polar surface area (TPSA) is 23.5 Å². The minimum Gasteiger partial charge on any atom is -0.385 e. The Labute approximate surface area is 97.9 Å². The van der Waals surface area contributed by atoms with E-state index < -0.39 is 5.60 Å². The van der Waals surface area contributed by atoms with Crippen LogP contribution in [0.1, 0.15) is 31.2 Å². The lowest BCUT2D eigenvalue weighted by atomic mass is 9.77. The van der Waals surface area contributed by atoms with Gasteiger partial charge in [-0.1, -0.05) is 30.3 Å².